The molecule has 24 heavy (non-hydrogen) atoms. The highest BCUT2D eigenvalue weighted by atomic mass is 16.6. The van der Waals surface area contributed by atoms with Crippen LogP contribution in [0.4, 0.5) is 11.4 Å². The number of benzene rings is 2. The number of Topliss-reactive ketones (excluding diaryl/α,β-unsaturated/α-hetero) is 1. The molecule has 0 spiro atoms. The molecule has 0 aromatic heterocycles. The number of fused-ring (bicyclic) bond motifs is 1. The first-order valence-electron chi connectivity index (χ1n) is 7.00. The molecule has 120 valence electrons. The summed E-state index contributed by atoms with van der Waals surface area (Å²) in [5.74, 6) is -0.532. The van der Waals surface area contributed by atoms with Gasteiger partial charge in [-0.05, 0) is 12.1 Å². The van der Waals surface area contributed by atoms with Gasteiger partial charge in [-0.3, -0.25) is 19.7 Å². The Labute approximate surface area is 136 Å². The largest absolute Gasteiger partial charge is 0.490 e. The number of nitro benzene ring substituents is 1. The van der Waals surface area contributed by atoms with Crippen LogP contribution in [0.5, 0.6) is 5.75 Å². The predicted molar refractivity (Wildman–Crippen MR) is 86.5 cm³/mol. The van der Waals surface area contributed by atoms with E-state index < -0.39 is 4.92 Å². The van der Waals surface area contributed by atoms with E-state index in [1.807, 2.05) is 0 Å². The van der Waals surface area contributed by atoms with E-state index in [-0.39, 0.29) is 28.7 Å². The first kappa shape index (κ1) is 15.4. The van der Waals surface area contributed by atoms with Crippen molar-refractivity contribution in [3.05, 3.63) is 75.5 Å². The fourth-order valence-electron chi connectivity index (χ4n) is 2.47. The zero-order valence-electron chi connectivity index (χ0n) is 12.6. The minimum Gasteiger partial charge on any atom is -0.490 e. The van der Waals surface area contributed by atoms with E-state index in [0.717, 1.165) is 0 Å². The summed E-state index contributed by atoms with van der Waals surface area (Å²) in [5, 5.41) is 13.8. The highest BCUT2D eigenvalue weighted by molar-refractivity contribution is 6.25. The molecule has 7 heteroatoms. The van der Waals surface area contributed by atoms with Crippen LogP contribution in [-0.2, 0) is 0 Å². The molecule has 0 saturated carbocycles. The van der Waals surface area contributed by atoms with Crippen LogP contribution in [-0.4, -0.2) is 23.6 Å². The Bertz CT molecular complexity index is 902. The standard InChI is InChI=1S/C17H12N2O5/c1-24-16-7-6-10(8-14(16)19(22)23)18-13-9-15(20)11-4-2-3-5-12(11)17(13)21/h2-9,18H,1H3. The molecular formula is C17H12N2O5. The minimum absolute atomic E-state index is 0.0677. The van der Waals surface area contributed by atoms with Gasteiger partial charge in [-0.25, -0.2) is 0 Å². The normalized spacial score (nSPS) is 13.1. The van der Waals surface area contributed by atoms with Crippen molar-refractivity contribution in [2.24, 2.45) is 0 Å². The minimum atomic E-state index is -0.582. The lowest BCUT2D eigenvalue weighted by atomic mass is 9.92. The number of anilines is 1. The van der Waals surface area contributed by atoms with Crippen molar-refractivity contribution in [1.29, 1.82) is 0 Å². The molecule has 0 fully saturated rings. The van der Waals surface area contributed by atoms with Gasteiger partial charge < -0.3 is 10.1 Å². The van der Waals surface area contributed by atoms with Crippen molar-refractivity contribution in [1.82, 2.24) is 0 Å². The van der Waals surface area contributed by atoms with E-state index in [0.29, 0.717) is 16.8 Å². The summed E-state index contributed by atoms with van der Waals surface area (Å²) < 4.78 is 4.93. The maximum absolute atomic E-state index is 12.5. The van der Waals surface area contributed by atoms with E-state index >= 15 is 0 Å². The number of nitro groups is 1. The van der Waals surface area contributed by atoms with E-state index in [9.17, 15) is 19.7 Å². The fraction of sp³-hybridized carbons (Fsp3) is 0.0588. The van der Waals surface area contributed by atoms with Gasteiger partial charge in [-0.1, -0.05) is 24.3 Å². The van der Waals surface area contributed by atoms with Crippen molar-refractivity contribution in [2.45, 2.75) is 0 Å². The third kappa shape index (κ3) is 2.63. The maximum atomic E-state index is 12.5. The number of carbonyl (C=O) groups excluding carboxylic acids is 2. The second-order valence-corrected chi connectivity index (χ2v) is 5.07. The average molecular weight is 324 g/mol. The summed E-state index contributed by atoms with van der Waals surface area (Å²) in [7, 11) is 1.33. The molecule has 0 radical (unpaired) electrons. The molecule has 1 N–H and O–H groups in total. The van der Waals surface area contributed by atoms with E-state index in [2.05, 4.69) is 5.32 Å². The summed E-state index contributed by atoms with van der Waals surface area (Å²) in [4.78, 5) is 35.1. The van der Waals surface area contributed by atoms with Crippen molar-refractivity contribution < 1.29 is 19.2 Å². The number of ether oxygens (including phenoxy) is 1. The third-order valence-electron chi connectivity index (χ3n) is 3.61. The Morgan fingerprint density at radius 3 is 2.46 bits per heavy atom. The van der Waals surface area contributed by atoms with Gasteiger partial charge in [0.05, 0.1) is 17.7 Å². The van der Waals surface area contributed by atoms with Crippen LogP contribution in [0, 0.1) is 10.1 Å². The van der Waals surface area contributed by atoms with Crippen LogP contribution in [0.1, 0.15) is 20.7 Å². The molecule has 1 aliphatic carbocycles. The topological polar surface area (TPSA) is 98.5 Å². The second kappa shape index (κ2) is 5.96. The van der Waals surface area contributed by atoms with Crippen LogP contribution in [0.3, 0.4) is 0 Å². The summed E-state index contributed by atoms with van der Waals surface area (Å²) >= 11 is 0. The van der Waals surface area contributed by atoms with E-state index in [1.165, 1.54) is 31.4 Å². The van der Waals surface area contributed by atoms with Crippen molar-refractivity contribution >= 4 is 22.9 Å². The summed E-state index contributed by atoms with van der Waals surface area (Å²) in [6.45, 7) is 0. The van der Waals surface area contributed by atoms with Crippen LogP contribution in [0.15, 0.2) is 54.2 Å². The second-order valence-electron chi connectivity index (χ2n) is 5.07. The number of hydrogen-bond acceptors (Lipinski definition) is 6. The van der Waals surface area contributed by atoms with Crippen LogP contribution in [0.2, 0.25) is 0 Å². The number of rotatable bonds is 4. The number of ketones is 2. The molecule has 0 aliphatic heterocycles. The molecule has 0 atom stereocenters. The van der Waals surface area contributed by atoms with Crippen LogP contribution in [0.25, 0.3) is 0 Å². The zero-order valence-corrected chi connectivity index (χ0v) is 12.6. The molecule has 2 aromatic carbocycles. The third-order valence-corrected chi connectivity index (χ3v) is 3.61. The highest BCUT2D eigenvalue weighted by Crippen LogP contribution is 2.31. The van der Waals surface area contributed by atoms with E-state index in [1.54, 1.807) is 24.3 Å². The average Bonchev–Trinajstić information content (AvgIpc) is 2.59. The predicted octanol–water partition coefficient (Wildman–Crippen LogP) is 2.98. The molecule has 0 heterocycles. The maximum Gasteiger partial charge on any atom is 0.312 e. The van der Waals surface area contributed by atoms with Gasteiger partial charge in [0.1, 0.15) is 0 Å². The van der Waals surface area contributed by atoms with Crippen molar-refractivity contribution in [3.63, 3.8) is 0 Å². The van der Waals surface area contributed by atoms with Gasteiger partial charge in [0.25, 0.3) is 0 Å². The monoisotopic (exact) mass is 324 g/mol. The van der Waals surface area contributed by atoms with Gasteiger partial charge in [0, 0.05) is 29.0 Å². The molecule has 0 unspecified atom stereocenters. The smallest absolute Gasteiger partial charge is 0.312 e. The molecule has 0 amide bonds. The Balaban J connectivity index is 1.95. The van der Waals surface area contributed by atoms with Gasteiger partial charge in [0.15, 0.2) is 11.5 Å². The van der Waals surface area contributed by atoms with Gasteiger partial charge in [-0.15, -0.1) is 0 Å². The molecule has 1 aliphatic rings. The Morgan fingerprint density at radius 1 is 1.08 bits per heavy atom. The van der Waals surface area contributed by atoms with Gasteiger partial charge in [-0.2, -0.15) is 0 Å². The Hall–Kier alpha value is -3.48. The Morgan fingerprint density at radius 2 is 1.79 bits per heavy atom. The van der Waals surface area contributed by atoms with Gasteiger partial charge >= 0.3 is 5.69 Å². The number of allylic oxidation sites excluding steroid dienone is 2. The van der Waals surface area contributed by atoms with Crippen molar-refractivity contribution in [3.8, 4) is 5.75 Å². The molecular weight excluding hydrogens is 312 g/mol. The first-order valence-corrected chi connectivity index (χ1v) is 7.00. The highest BCUT2D eigenvalue weighted by Gasteiger charge is 2.25. The van der Waals surface area contributed by atoms with Crippen molar-refractivity contribution in [2.75, 3.05) is 12.4 Å². The fourth-order valence-corrected chi connectivity index (χ4v) is 2.47. The SMILES string of the molecule is COc1ccc(NC2=CC(=O)c3ccccc3C2=O)cc1[N+](=O)[O-]. The lowest BCUT2D eigenvalue weighted by Gasteiger charge is -2.16. The number of methoxy groups -OCH3 is 1. The lowest BCUT2D eigenvalue weighted by molar-refractivity contribution is -0.385. The molecule has 0 bridgehead atoms. The summed E-state index contributed by atoms with van der Waals surface area (Å²) in [6, 6.07) is 10.7. The quantitative estimate of drug-likeness (QED) is 0.685. The summed E-state index contributed by atoms with van der Waals surface area (Å²) in [6.07, 6.45) is 1.20. The number of nitrogens with one attached hydrogen (secondary N) is 1. The van der Waals surface area contributed by atoms with E-state index in [4.69, 9.17) is 4.74 Å². The summed E-state index contributed by atoms with van der Waals surface area (Å²) in [5.41, 5.74) is 0.787. The number of nitrogens with zero attached hydrogens (tertiary/aromatic N) is 1. The molecule has 3 rings (SSSR count). The zero-order chi connectivity index (χ0) is 17.3. The van der Waals surface area contributed by atoms with Crippen LogP contribution >= 0.6 is 0 Å². The van der Waals surface area contributed by atoms with Gasteiger partial charge in [0.2, 0.25) is 5.78 Å². The number of hydrogen-bond donors (Lipinski definition) is 1. The first-order chi connectivity index (χ1) is 11.5. The molecule has 0 saturated heterocycles. The molecule has 2 aromatic rings. The number of carbonyl (C=O) groups is 2. The molecule has 7 nitrogen and oxygen atoms in total. The lowest BCUT2D eigenvalue weighted by Crippen LogP contribution is -2.21. The Kier molecular flexibility index (Phi) is 3.83. The van der Waals surface area contributed by atoms with Crippen LogP contribution < -0.4 is 10.1 Å².